The minimum atomic E-state index is -0.412. The minimum absolute atomic E-state index is 0.0370. The SMILES string of the molecule is CC.CC.CC(=O)N[C@@H](C)CCNC1CCCCC1.CCc1ccccc1.Oc1cccc(F)c1. The molecule has 1 atom stereocenters. The van der Waals surface area contributed by atoms with Crippen molar-refractivity contribution in [1.82, 2.24) is 10.6 Å². The average molecular weight is 491 g/mol. The van der Waals surface area contributed by atoms with E-state index in [9.17, 15) is 9.18 Å². The first-order valence-corrected chi connectivity index (χ1v) is 13.4. The fourth-order valence-corrected chi connectivity index (χ4v) is 3.42. The summed E-state index contributed by atoms with van der Waals surface area (Å²) >= 11 is 0. The van der Waals surface area contributed by atoms with Crippen molar-refractivity contribution in [1.29, 1.82) is 0 Å². The van der Waals surface area contributed by atoms with E-state index in [-0.39, 0.29) is 11.7 Å². The highest BCUT2D eigenvalue weighted by Gasteiger charge is 2.12. The predicted octanol–water partition coefficient (Wildman–Crippen LogP) is 7.66. The molecule has 1 aliphatic carbocycles. The number of aromatic hydroxyl groups is 1. The number of phenolic OH excluding ortho intramolecular Hbond substituents is 1. The van der Waals surface area contributed by atoms with Gasteiger partial charge in [-0.1, -0.05) is 90.3 Å². The second kappa shape index (κ2) is 24.7. The van der Waals surface area contributed by atoms with Crippen LogP contribution in [0.25, 0.3) is 0 Å². The third-order valence-corrected chi connectivity index (χ3v) is 5.12. The van der Waals surface area contributed by atoms with Gasteiger partial charge in [0.1, 0.15) is 11.6 Å². The van der Waals surface area contributed by atoms with Crippen LogP contribution in [-0.2, 0) is 11.2 Å². The zero-order valence-electron chi connectivity index (χ0n) is 23.2. The summed E-state index contributed by atoms with van der Waals surface area (Å²) in [6.45, 7) is 14.8. The minimum Gasteiger partial charge on any atom is -0.508 e. The second-order valence-corrected chi connectivity index (χ2v) is 8.00. The Balaban J connectivity index is 0. The quantitative estimate of drug-likeness (QED) is 0.389. The molecule has 1 saturated carbocycles. The van der Waals surface area contributed by atoms with E-state index in [4.69, 9.17) is 5.11 Å². The first kappa shape index (κ1) is 34.8. The number of hydrogen-bond donors (Lipinski definition) is 3. The van der Waals surface area contributed by atoms with E-state index < -0.39 is 5.82 Å². The van der Waals surface area contributed by atoms with Crippen molar-refractivity contribution < 1.29 is 14.3 Å². The van der Waals surface area contributed by atoms with Gasteiger partial charge in [-0.25, -0.2) is 4.39 Å². The molecule has 2 aromatic rings. The van der Waals surface area contributed by atoms with Gasteiger partial charge in [-0.15, -0.1) is 0 Å². The normalized spacial score (nSPS) is 13.0. The van der Waals surface area contributed by atoms with E-state index in [1.165, 1.54) is 55.9 Å². The van der Waals surface area contributed by atoms with E-state index in [0.717, 1.165) is 31.5 Å². The summed E-state index contributed by atoms with van der Waals surface area (Å²) in [7, 11) is 0. The average Bonchev–Trinajstić information content (AvgIpc) is 2.88. The molecule has 4 nitrogen and oxygen atoms in total. The molecule has 200 valence electrons. The molecule has 1 aliphatic rings. The van der Waals surface area contributed by atoms with Crippen LogP contribution in [0.3, 0.4) is 0 Å². The van der Waals surface area contributed by atoms with Crippen LogP contribution in [0.15, 0.2) is 54.6 Å². The summed E-state index contributed by atoms with van der Waals surface area (Å²) in [6, 6.07) is 16.7. The summed E-state index contributed by atoms with van der Waals surface area (Å²) in [5.74, 6) is -0.379. The molecule has 0 aliphatic heterocycles. The Hall–Kier alpha value is -2.40. The highest BCUT2D eigenvalue weighted by molar-refractivity contribution is 5.73. The summed E-state index contributed by atoms with van der Waals surface area (Å²) < 4.78 is 12.0. The highest BCUT2D eigenvalue weighted by Crippen LogP contribution is 2.17. The Kier molecular flexibility index (Phi) is 24.6. The van der Waals surface area contributed by atoms with Crippen LogP contribution in [0.4, 0.5) is 4.39 Å². The molecule has 1 fully saturated rings. The zero-order chi connectivity index (χ0) is 26.9. The lowest BCUT2D eigenvalue weighted by Gasteiger charge is -2.23. The van der Waals surface area contributed by atoms with Crippen LogP contribution >= 0.6 is 0 Å². The molecule has 0 spiro atoms. The zero-order valence-corrected chi connectivity index (χ0v) is 23.2. The molecule has 2 aromatic carbocycles. The van der Waals surface area contributed by atoms with Gasteiger partial charge in [0.05, 0.1) is 0 Å². The monoisotopic (exact) mass is 490 g/mol. The molecule has 3 rings (SSSR count). The van der Waals surface area contributed by atoms with Crippen molar-refractivity contribution in [2.24, 2.45) is 0 Å². The lowest BCUT2D eigenvalue weighted by molar-refractivity contribution is -0.119. The number of halogens is 1. The molecule has 0 radical (unpaired) electrons. The van der Waals surface area contributed by atoms with Crippen molar-refractivity contribution in [3.63, 3.8) is 0 Å². The summed E-state index contributed by atoms with van der Waals surface area (Å²) in [5.41, 5.74) is 1.41. The molecular weight excluding hydrogens is 439 g/mol. The van der Waals surface area contributed by atoms with Crippen molar-refractivity contribution in [3.8, 4) is 5.75 Å². The van der Waals surface area contributed by atoms with Crippen molar-refractivity contribution in [2.45, 2.75) is 105 Å². The Morgan fingerprint density at radius 1 is 1.00 bits per heavy atom. The molecule has 0 aromatic heterocycles. The van der Waals surface area contributed by atoms with Crippen LogP contribution in [0.2, 0.25) is 0 Å². The summed E-state index contributed by atoms with van der Waals surface area (Å²) in [4.78, 5) is 10.8. The lowest BCUT2D eigenvalue weighted by atomic mass is 9.95. The first-order chi connectivity index (χ1) is 16.9. The molecule has 0 unspecified atom stereocenters. The number of rotatable bonds is 6. The first-order valence-electron chi connectivity index (χ1n) is 13.4. The fourth-order valence-electron chi connectivity index (χ4n) is 3.42. The third-order valence-electron chi connectivity index (χ3n) is 5.12. The van der Waals surface area contributed by atoms with Crippen LogP contribution < -0.4 is 10.6 Å². The van der Waals surface area contributed by atoms with Gasteiger partial charge < -0.3 is 15.7 Å². The van der Waals surface area contributed by atoms with Gasteiger partial charge in [0.25, 0.3) is 0 Å². The number of benzene rings is 2. The fraction of sp³-hybridized carbons (Fsp3) is 0.567. The number of phenols is 1. The van der Waals surface area contributed by atoms with Crippen molar-refractivity contribution in [3.05, 3.63) is 66.0 Å². The van der Waals surface area contributed by atoms with Gasteiger partial charge in [-0.3, -0.25) is 4.79 Å². The predicted molar refractivity (Wildman–Crippen MR) is 149 cm³/mol. The summed E-state index contributed by atoms with van der Waals surface area (Å²) in [5, 5.41) is 15.0. The maximum Gasteiger partial charge on any atom is 0.217 e. The molecule has 0 bridgehead atoms. The van der Waals surface area contributed by atoms with Gasteiger partial charge in [-0.05, 0) is 56.8 Å². The third kappa shape index (κ3) is 21.8. The van der Waals surface area contributed by atoms with E-state index in [2.05, 4.69) is 48.7 Å². The molecule has 5 heteroatoms. The standard InChI is InChI=1S/C12H24N2O.C8H10.C6H5FO.2C2H6/c1-10(14-11(2)15)8-9-13-12-6-4-3-5-7-12;1-2-8-6-4-3-5-7-8;7-5-2-1-3-6(8)4-5;2*1-2/h10,12-13H,3-9H2,1-2H3,(H,14,15);3-7H,2H2,1H3;1-4,8H;2*1-2H3/t10-;;;;/m0..../s1. The number of carbonyl (C=O) groups is 1. The molecule has 1 amide bonds. The van der Waals surface area contributed by atoms with Crippen molar-refractivity contribution >= 4 is 5.91 Å². The van der Waals surface area contributed by atoms with Crippen LogP contribution in [-0.4, -0.2) is 29.6 Å². The molecular formula is C30H51FN2O2. The van der Waals surface area contributed by atoms with Gasteiger partial charge in [-0.2, -0.15) is 0 Å². The van der Waals surface area contributed by atoms with E-state index >= 15 is 0 Å². The number of amides is 1. The van der Waals surface area contributed by atoms with E-state index in [1.54, 1.807) is 6.92 Å². The number of hydrogen-bond acceptors (Lipinski definition) is 3. The number of carbonyl (C=O) groups excluding carboxylic acids is 1. The highest BCUT2D eigenvalue weighted by atomic mass is 19.1. The Morgan fingerprint density at radius 2 is 1.60 bits per heavy atom. The van der Waals surface area contributed by atoms with Gasteiger partial charge in [0.2, 0.25) is 5.91 Å². The van der Waals surface area contributed by atoms with Gasteiger partial charge in [0.15, 0.2) is 0 Å². The maximum atomic E-state index is 12.0. The lowest BCUT2D eigenvalue weighted by Crippen LogP contribution is -2.37. The second-order valence-electron chi connectivity index (χ2n) is 8.00. The molecule has 3 N–H and O–H groups in total. The van der Waals surface area contributed by atoms with Crippen LogP contribution in [0.1, 0.15) is 92.6 Å². The number of aryl methyl sites for hydroxylation is 1. The van der Waals surface area contributed by atoms with Crippen LogP contribution in [0, 0.1) is 5.82 Å². The van der Waals surface area contributed by atoms with Gasteiger partial charge >= 0.3 is 0 Å². The largest absolute Gasteiger partial charge is 0.508 e. The van der Waals surface area contributed by atoms with Crippen LogP contribution in [0.5, 0.6) is 5.75 Å². The van der Waals surface area contributed by atoms with E-state index in [0.29, 0.717) is 6.04 Å². The van der Waals surface area contributed by atoms with E-state index in [1.807, 2.05) is 33.8 Å². The summed E-state index contributed by atoms with van der Waals surface area (Å²) in [6.07, 6.45) is 8.97. The molecule has 0 heterocycles. The Bertz CT molecular complexity index is 702. The Labute approximate surface area is 214 Å². The smallest absolute Gasteiger partial charge is 0.217 e. The molecule has 0 saturated heterocycles. The van der Waals surface area contributed by atoms with Crippen molar-refractivity contribution in [2.75, 3.05) is 6.54 Å². The molecule has 35 heavy (non-hydrogen) atoms. The topological polar surface area (TPSA) is 61.4 Å². The maximum absolute atomic E-state index is 12.0. The van der Waals surface area contributed by atoms with Gasteiger partial charge in [0, 0.05) is 25.1 Å². The Morgan fingerprint density at radius 3 is 2.03 bits per heavy atom. The number of nitrogens with one attached hydrogen (secondary N) is 2.